The molecule has 2 aliphatic heterocycles. The SMILES string of the molecule is CCOC(=O)C[C@@H]1C(=O)NCCN1c1nc2ccccn2c(=O)c1/C=C1/SC(=S)N(Cc2ccccc2)C1=O. The fourth-order valence-corrected chi connectivity index (χ4v) is 5.76. The number of amides is 2. The van der Waals surface area contributed by atoms with E-state index in [1.165, 1.54) is 15.4 Å². The highest BCUT2D eigenvalue weighted by Gasteiger charge is 2.36. The molecule has 4 heterocycles. The first kappa shape index (κ1) is 26.6. The third kappa shape index (κ3) is 5.43. The first-order chi connectivity index (χ1) is 18.9. The molecule has 2 amide bonds. The molecule has 200 valence electrons. The summed E-state index contributed by atoms with van der Waals surface area (Å²) in [6.07, 6.45) is 2.86. The van der Waals surface area contributed by atoms with Gasteiger partial charge in [0.05, 0.1) is 30.0 Å². The van der Waals surface area contributed by atoms with Crippen molar-refractivity contribution in [3.05, 3.63) is 81.1 Å². The Hall–Kier alpha value is -4.03. The maximum atomic E-state index is 13.7. The Labute approximate surface area is 233 Å². The Morgan fingerprint density at radius 1 is 1.18 bits per heavy atom. The second-order valence-corrected chi connectivity index (χ2v) is 10.5. The Morgan fingerprint density at radius 2 is 1.95 bits per heavy atom. The molecule has 0 bridgehead atoms. The van der Waals surface area contributed by atoms with Gasteiger partial charge < -0.3 is 15.0 Å². The van der Waals surface area contributed by atoms with Crippen LogP contribution in [0, 0.1) is 0 Å². The number of hydrogen-bond acceptors (Lipinski definition) is 9. The summed E-state index contributed by atoms with van der Waals surface area (Å²) in [7, 11) is 0. The third-order valence-electron chi connectivity index (χ3n) is 6.35. The van der Waals surface area contributed by atoms with Crippen LogP contribution in [-0.4, -0.2) is 62.1 Å². The topological polar surface area (TPSA) is 113 Å². The molecule has 1 N–H and O–H groups in total. The van der Waals surface area contributed by atoms with Gasteiger partial charge in [-0.05, 0) is 30.7 Å². The first-order valence-electron chi connectivity index (χ1n) is 12.4. The molecule has 2 saturated heterocycles. The van der Waals surface area contributed by atoms with E-state index in [-0.39, 0.29) is 41.1 Å². The Kier molecular flexibility index (Phi) is 7.75. The number of piperazine rings is 1. The third-order valence-corrected chi connectivity index (χ3v) is 7.73. The zero-order chi connectivity index (χ0) is 27.5. The predicted molar refractivity (Wildman–Crippen MR) is 152 cm³/mol. The molecular formula is C27H25N5O5S2. The Morgan fingerprint density at radius 3 is 2.72 bits per heavy atom. The van der Waals surface area contributed by atoms with Gasteiger partial charge in [0.15, 0.2) is 0 Å². The molecule has 0 radical (unpaired) electrons. The number of fused-ring (bicyclic) bond motifs is 1. The molecule has 5 rings (SSSR count). The minimum absolute atomic E-state index is 0.127. The fourth-order valence-electron chi connectivity index (χ4n) is 4.52. The van der Waals surface area contributed by atoms with Crippen LogP contribution in [0.4, 0.5) is 5.82 Å². The summed E-state index contributed by atoms with van der Waals surface area (Å²) in [6.45, 7) is 2.78. The number of nitrogens with one attached hydrogen (secondary N) is 1. The molecule has 0 unspecified atom stereocenters. The second-order valence-electron chi connectivity index (χ2n) is 8.85. The van der Waals surface area contributed by atoms with Gasteiger partial charge in [0.2, 0.25) is 5.91 Å². The van der Waals surface area contributed by atoms with Gasteiger partial charge in [0.1, 0.15) is 21.8 Å². The van der Waals surface area contributed by atoms with Gasteiger partial charge in [-0.2, -0.15) is 0 Å². The highest BCUT2D eigenvalue weighted by Crippen LogP contribution is 2.35. The zero-order valence-electron chi connectivity index (χ0n) is 21.0. The van der Waals surface area contributed by atoms with Crippen LogP contribution in [0.3, 0.4) is 0 Å². The molecule has 0 aliphatic carbocycles. The van der Waals surface area contributed by atoms with E-state index in [0.29, 0.717) is 29.6 Å². The number of anilines is 1. The number of pyridine rings is 1. The van der Waals surface area contributed by atoms with Crippen LogP contribution in [0.15, 0.2) is 64.4 Å². The second kappa shape index (κ2) is 11.4. The first-order valence-corrected chi connectivity index (χ1v) is 13.6. The lowest BCUT2D eigenvalue weighted by Crippen LogP contribution is -2.57. The maximum Gasteiger partial charge on any atom is 0.308 e. The number of rotatable bonds is 7. The number of carbonyl (C=O) groups is 3. The van der Waals surface area contributed by atoms with Crippen molar-refractivity contribution >= 4 is 63.6 Å². The van der Waals surface area contributed by atoms with E-state index in [9.17, 15) is 19.2 Å². The summed E-state index contributed by atoms with van der Waals surface area (Å²) in [6, 6.07) is 13.7. The smallest absolute Gasteiger partial charge is 0.308 e. The molecule has 0 saturated carbocycles. The molecule has 1 atom stereocenters. The lowest BCUT2D eigenvalue weighted by molar-refractivity contribution is -0.145. The van der Waals surface area contributed by atoms with E-state index in [2.05, 4.69) is 5.32 Å². The summed E-state index contributed by atoms with van der Waals surface area (Å²) < 4.78 is 6.84. The van der Waals surface area contributed by atoms with Crippen molar-refractivity contribution in [1.29, 1.82) is 0 Å². The number of benzene rings is 1. The molecule has 10 nitrogen and oxygen atoms in total. The van der Waals surface area contributed by atoms with Crippen molar-refractivity contribution in [3.8, 4) is 0 Å². The van der Waals surface area contributed by atoms with Crippen LogP contribution in [0.25, 0.3) is 11.7 Å². The van der Waals surface area contributed by atoms with Crippen LogP contribution < -0.4 is 15.8 Å². The highest BCUT2D eigenvalue weighted by molar-refractivity contribution is 8.26. The van der Waals surface area contributed by atoms with E-state index in [1.54, 1.807) is 36.2 Å². The Balaban J connectivity index is 1.59. The van der Waals surface area contributed by atoms with E-state index >= 15 is 0 Å². The lowest BCUT2D eigenvalue weighted by Gasteiger charge is -2.36. The minimum Gasteiger partial charge on any atom is -0.466 e. The van der Waals surface area contributed by atoms with E-state index in [0.717, 1.165) is 17.3 Å². The van der Waals surface area contributed by atoms with Crippen LogP contribution in [0.2, 0.25) is 0 Å². The number of esters is 1. The molecule has 1 aromatic carbocycles. The number of thioether (sulfide) groups is 1. The molecule has 0 spiro atoms. The van der Waals surface area contributed by atoms with E-state index in [1.807, 2.05) is 30.3 Å². The molecule has 3 aromatic rings. The average Bonchev–Trinajstić information content (AvgIpc) is 3.19. The maximum absolute atomic E-state index is 13.7. The van der Waals surface area contributed by atoms with Gasteiger partial charge in [0.25, 0.3) is 11.5 Å². The Bertz CT molecular complexity index is 1560. The summed E-state index contributed by atoms with van der Waals surface area (Å²) in [5, 5.41) is 2.77. The van der Waals surface area contributed by atoms with Gasteiger partial charge in [0, 0.05) is 19.3 Å². The van der Waals surface area contributed by atoms with Crippen molar-refractivity contribution in [2.45, 2.75) is 25.9 Å². The van der Waals surface area contributed by atoms with Crippen molar-refractivity contribution in [2.24, 2.45) is 0 Å². The molecule has 2 fully saturated rings. The van der Waals surface area contributed by atoms with Crippen LogP contribution >= 0.6 is 24.0 Å². The number of aromatic nitrogens is 2. The molecular weight excluding hydrogens is 538 g/mol. The largest absolute Gasteiger partial charge is 0.466 e. The van der Waals surface area contributed by atoms with Crippen molar-refractivity contribution < 1.29 is 19.1 Å². The summed E-state index contributed by atoms with van der Waals surface area (Å²) in [4.78, 5) is 60.5. The van der Waals surface area contributed by atoms with Crippen LogP contribution in [0.1, 0.15) is 24.5 Å². The van der Waals surface area contributed by atoms with Crippen LogP contribution in [-0.2, 0) is 25.7 Å². The van der Waals surface area contributed by atoms with E-state index in [4.69, 9.17) is 21.9 Å². The normalized spacial score (nSPS) is 18.6. The number of carbonyl (C=O) groups excluding carboxylic acids is 3. The van der Waals surface area contributed by atoms with Gasteiger partial charge in [-0.3, -0.25) is 28.5 Å². The van der Waals surface area contributed by atoms with Gasteiger partial charge in [-0.15, -0.1) is 0 Å². The lowest BCUT2D eigenvalue weighted by atomic mass is 10.1. The van der Waals surface area contributed by atoms with Gasteiger partial charge >= 0.3 is 5.97 Å². The molecule has 2 aromatic heterocycles. The highest BCUT2D eigenvalue weighted by atomic mass is 32.2. The number of thiocarbonyl (C=S) groups is 1. The summed E-state index contributed by atoms with van der Waals surface area (Å²) in [5.41, 5.74) is 1.00. The number of ether oxygens (including phenoxy) is 1. The van der Waals surface area contributed by atoms with Crippen molar-refractivity contribution in [1.82, 2.24) is 19.6 Å². The van der Waals surface area contributed by atoms with Gasteiger partial charge in [-0.1, -0.05) is 60.4 Å². The monoisotopic (exact) mass is 563 g/mol. The number of nitrogens with zero attached hydrogens (tertiary/aromatic N) is 4. The molecule has 39 heavy (non-hydrogen) atoms. The fraction of sp³-hybridized carbons (Fsp3) is 0.259. The minimum atomic E-state index is -0.935. The molecule has 12 heteroatoms. The van der Waals surface area contributed by atoms with Crippen LogP contribution in [0.5, 0.6) is 0 Å². The van der Waals surface area contributed by atoms with Gasteiger partial charge in [-0.25, -0.2) is 4.98 Å². The standard InChI is InChI=1S/C27H25N5O5S2/c1-2-37-22(33)15-19-24(34)28-11-13-30(19)23-18(25(35)31-12-7-6-10-21(31)29-23)14-20-26(36)32(27(38)39-20)16-17-8-4-3-5-9-17/h3-10,12,14,19H,2,11,13,15-16H2,1H3,(H,28,34)/b20-14+/t19-/m1/s1. The predicted octanol–water partition coefficient (Wildman–Crippen LogP) is 2.35. The zero-order valence-corrected chi connectivity index (χ0v) is 22.7. The summed E-state index contributed by atoms with van der Waals surface area (Å²) in [5.74, 6) is -1.02. The number of hydrogen-bond donors (Lipinski definition) is 1. The van der Waals surface area contributed by atoms with Crippen molar-refractivity contribution in [2.75, 3.05) is 24.6 Å². The molecule has 2 aliphatic rings. The quantitative estimate of drug-likeness (QED) is 0.263. The average molecular weight is 564 g/mol. The van der Waals surface area contributed by atoms with Crippen molar-refractivity contribution in [3.63, 3.8) is 0 Å². The van der Waals surface area contributed by atoms with E-state index < -0.39 is 17.6 Å². The summed E-state index contributed by atoms with van der Waals surface area (Å²) >= 11 is 6.60.